The van der Waals surface area contributed by atoms with E-state index in [0.717, 1.165) is 12.8 Å². The molecule has 0 atom stereocenters. The number of ether oxygens (including phenoxy) is 2. The molecule has 0 unspecified atom stereocenters. The molecule has 1 aromatic carbocycles. The molecule has 1 saturated heterocycles. The van der Waals surface area contributed by atoms with Crippen molar-refractivity contribution in [3.05, 3.63) is 54.1 Å². The van der Waals surface area contributed by atoms with Crippen molar-refractivity contribution in [1.29, 1.82) is 0 Å². The highest BCUT2D eigenvalue weighted by Gasteiger charge is 2.24. The first-order valence-corrected chi connectivity index (χ1v) is 9.85. The first-order chi connectivity index (χ1) is 14.6. The summed E-state index contributed by atoms with van der Waals surface area (Å²) < 4.78 is 9.68. The van der Waals surface area contributed by atoms with E-state index in [2.05, 4.69) is 15.3 Å². The van der Waals surface area contributed by atoms with Gasteiger partial charge in [-0.2, -0.15) is 0 Å². The summed E-state index contributed by atoms with van der Waals surface area (Å²) in [4.78, 5) is 45.8. The number of nitrogens with zero attached hydrogens (tertiary/aromatic N) is 3. The van der Waals surface area contributed by atoms with Crippen molar-refractivity contribution in [1.82, 2.24) is 20.2 Å². The molecule has 2 heterocycles. The van der Waals surface area contributed by atoms with E-state index in [9.17, 15) is 14.4 Å². The number of carbonyl (C=O) groups excluding carboxylic acids is 3. The van der Waals surface area contributed by atoms with E-state index in [0.29, 0.717) is 42.6 Å². The SMILES string of the molecule is CCOC(=O)Oc1ccc(C(=O)NCC2CCN(C(=O)c3cnccn3)CC2)cc1. The van der Waals surface area contributed by atoms with Crippen molar-refractivity contribution in [2.24, 2.45) is 5.92 Å². The van der Waals surface area contributed by atoms with Crippen LogP contribution in [0.15, 0.2) is 42.9 Å². The van der Waals surface area contributed by atoms with Crippen molar-refractivity contribution in [3.63, 3.8) is 0 Å². The average Bonchev–Trinajstić information content (AvgIpc) is 2.78. The van der Waals surface area contributed by atoms with Crippen LogP contribution >= 0.6 is 0 Å². The normalized spacial score (nSPS) is 14.1. The Bertz CT molecular complexity index is 865. The molecular formula is C21H24N4O5. The minimum Gasteiger partial charge on any atom is -0.434 e. The summed E-state index contributed by atoms with van der Waals surface area (Å²) in [6.07, 6.45) is 5.34. The van der Waals surface area contributed by atoms with Crippen LogP contribution in [0.2, 0.25) is 0 Å². The Morgan fingerprint density at radius 1 is 1.13 bits per heavy atom. The molecule has 0 radical (unpaired) electrons. The number of piperidine rings is 1. The lowest BCUT2D eigenvalue weighted by atomic mass is 9.96. The van der Waals surface area contributed by atoms with Gasteiger partial charge in [-0.1, -0.05) is 0 Å². The van der Waals surface area contributed by atoms with Crippen LogP contribution in [-0.4, -0.2) is 59.1 Å². The molecule has 0 spiro atoms. The summed E-state index contributed by atoms with van der Waals surface area (Å²) in [7, 11) is 0. The molecule has 0 saturated carbocycles. The van der Waals surface area contributed by atoms with Gasteiger partial charge in [0.1, 0.15) is 11.4 Å². The maximum Gasteiger partial charge on any atom is 0.513 e. The number of likely N-dealkylation sites (tertiary alicyclic amines) is 1. The molecule has 1 aliphatic rings. The second-order valence-corrected chi connectivity index (χ2v) is 6.85. The van der Waals surface area contributed by atoms with E-state index in [4.69, 9.17) is 9.47 Å². The number of amides is 2. The molecule has 158 valence electrons. The summed E-state index contributed by atoms with van der Waals surface area (Å²) in [6, 6.07) is 6.27. The highest BCUT2D eigenvalue weighted by Crippen LogP contribution is 2.18. The zero-order valence-electron chi connectivity index (χ0n) is 16.7. The quantitative estimate of drug-likeness (QED) is 0.572. The second kappa shape index (κ2) is 10.3. The molecule has 3 rings (SSSR count). The molecule has 9 nitrogen and oxygen atoms in total. The van der Waals surface area contributed by atoms with Crippen molar-refractivity contribution in [3.8, 4) is 5.75 Å². The van der Waals surface area contributed by atoms with Crippen LogP contribution in [0.4, 0.5) is 4.79 Å². The van der Waals surface area contributed by atoms with E-state index in [1.807, 2.05) is 0 Å². The lowest BCUT2D eigenvalue weighted by Gasteiger charge is -2.31. The Hall–Kier alpha value is -3.49. The third kappa shape index (κ3) is 5.76. The van der Waals surface area contributed by atoms with Gasteiger partial charge in [0.2, 0.25) is 0 Å². The fraction of sp³-hybridized carbons (Fsp3) is 0.381. The van der Waals surface area contributed by atoms with E-state index >= 15 is 0 Å². The minimum absolute atomic E-state index is 0.115. The first kappa shape index (κ1) is 21.2. The first-order valence-electron chi connectivity index (χ1n) is 9.85. The molecule has 1 N–H and O–H groups in total. The number of nitrogens with one attached hydrogen (secondary N) is 1. The van der Waals surface area contributed by atoms with Gasteiger partial charge >= 0.3 is 6.16 Å². The number of rotatable bonds is 6. The molecule has 0 bridgehead atoms. The summed E-state index contributed by atoms with van der Waals surface area (Å²) in [5, 5.41) is 2.93. The maximum absolute atomic E-state index is 12.4. The molecule has 30 heavy (non-hydrogen) atoms. The average molecular weight is 412 g/mol. The smallest absolute Gasteiger partial charge is 0.434 e. The zero-order valence-corrected chi connectivity index (χ0v) is 16.7. The van der Waals surface area contributed by atoms with Gasteiger partial charge in [0.25, 0.3) is 11.8 Å². The van der Waals surface area contributed by atoms with Crippen LogP contribution < -0.4 is 10.1 Å². The minimum atomic E-state index is -0.779. The van der Waals surface area contributed by atoms with Crippen LogP contribution in [-0.2, 0) is 4.74 Å². The lowest BCUT2D eigenvalue weighted by molar-refractivity contribution is 0.0678. The fourth-order valence-electron chi connectivity index (χ4n) is 3.17. The molecule has 1 aliphatic heterocycles. The van der Waals surface area contributed by atoms with Gasteiger partial charge < -0.3 is 19.7 Å². The molecule has 1 fully saturated rings. The predicted molar refractivity (Wildman–Crippen MR) is 107 cm³/mol. The number of hydrogen-bond donors (Lipinski definition) is 1. The molecule has 1 aromatic heterocycles. The summed E-state index contributed by atoms with van der Waals surface area (Å²) in [6.45, 7) is 3.69. The maximum atomic E-state index is 12.4. The Morgan fingerprint density at radius 3 is 2.50 bits per heavy atom. The Morgan fingerprint density at radius 2 is 1.87 bits per heavy atom. The lowest BCUT2D eigenvalue weighted by Crippen LogP contribution is -2.41. The Balaban J connectivity index is 1.42. The standard InChI is InChI=1S/C21H24N4O5/c1-2-29-21(28)30-17-5-3-16(4-6-17)19(26)24-13-15-7-11-25(12-8-15)20(27)18-14-22-9-10-23-18/h3-6,9-10,14-15H,2,7-8,11-13H2,1H3,(H,24,26). The predicted octanol–water partition coefficient (Wildman–Crippen LogP) is 2.29. The summed E-state index contributed by atoms with van der Waals surface area (Å²) in [5.74, 6) is 0.294. The second-order valence-electron chi connectivity index (χ2n) is 6.85. The number of hydrogen-bond acceptors (Lipinski definition) is 7. The summed E-state index contributed by atoms with van der Waals surface area (Å²) in [5.41, 5.74) is 0.820. The zero-order chi connectivity index (χ0) is 21.3. The van der Waals surface area contributed by atoms with Gasteiger partial charge in [0, 0.05) is 37.6 Å². The van der Waals surface area contributed by atoms with E-state index in [1.165, 1.54) is 18.6 Å². The Kier molecular flexibility index (Phi) is 7.31. The highest BCUT2D eigenvalue weighted by atomic mass is 16.7. The van der Waals surface area contributed by atoms with Gasteiger partial charge in [-0.05, 0) is 49.9 Å². The number of aromatic nitrogens is 2. The van der Waals surface area contributed by atoms with Gasteiger partial charge in [-0.25, -0.2) is 9.78 Å². The van der Waals surface area contributed by atoms with Crippen molar-refractivity contribution in [2.75, 3.05) is 26.2 Å². The van der Waals surface area contributed by atoms with Crippen molar-refractivity contribution >= 4 is 18.0 Å². The van der Waals surface area contributed by atoms with E-state index in [1.54, 1.807) is 36.1 Å². The van der Waals surface area contributed by atoms with Crippen molar-refractivity contribution in [2.45, 2.75) is 19.8 Å². The van der Waals surface area contributed by atoms with Crippen molar-refractivity contribution < 1.29 is 23.9 Å². The van der Waals surface area contributed by atoms with E-state index in [-0.39, 0.29) is 18.4 Å². The topological polar surface area (TPSA) is 111 Å². The van der Waals surface area contributed by atoms with Crippen LogP contribution in [0, 0.1) is 5.92 Å². The molecule has 0 aliphatic carbocycles. The van der Waals surface area contributed by atoms with Crippen LogP contribution in [0.1, 0.15) is 40.6 Å². The highest BCUT2D eigenvalue weighted by molar-refractivity contribution is 5.94. The molecule has 2 amide bonds. The van der Waals surface area contributed by atoms with Gasteiger partial charge in [0.05, 0.1) is 12.8 Å². The van der Waals surface area contributed by atoms with Gasteiger partial charge in [-0.15, -0.1) is 0 Å². The van der Waals surface area contributed by atoms with E-state index < -0.39 is 6.16 Å². The fourth-order valence-corrected chi connectivity index (χ4v) is 3.17. The molecule has 9 heteroatoms. The van der Waals surface area contributed by atoms with Gasteiger partial charge in [0.15, 0.2) is 0 Å². The molecule has 2 aromatic rings. The third-order valence-corrected chi connectivity index (χ3v) is 4.82. The van der Waals surface area contributed by atoms with Crippen LogP contribution in [0.3, 0.4) is 0 Å². The number of carbonyl (C=O) groups is 3. The monoisotopic (exact) mass is 412 g/mol. The third-order valence-electron chi connectivity index (χ3n) is 4.82. The van der Waals surface area contributed by atoms with Gasteiger partial charge in [-0.3, -0.25) is 14.6 Å². The summed E-state index contributed by atoms with van der Waals surface area (Å²) >= 11 is 0. The van der Waals surface area contributed by atoms with Crippen LogP contribution in [0.5, 0.6) is 5.75 Å². The largest absolute Gasteiger partial charge is 0.513 e. The Labute approximate surface area is 174 Å². The van der Waals surface area contributed by atoms with Crippen LogP contribution in [0.25, 0.3) is 0 Å². The molecular weight excluding hydrogens is 388 g/mol. The number of benzene rings is 1.